The zero-order chi connectivity index (χ0) is 21.7. The van der Waals surface area contributed by atoms with Crippen LogP contribution in [0.25, 0.3) is 4.72 Å². The van der Waals surface area contributed by atoms with Crippen LogP contribution in [0.5, 0.6) is 5.75 Å². The van der Waals surface area contributed by atoms with Crippen LogP contribution in [0.15, 0.2) is 77.7 Å². The molecule has 0 atom stereocenters. The summed E-state index contributed by atoms with van der Waals surface area (Å²) < 4.78 is 57.9. The molecule has 0 heterocycles. The first-order valence-electron chi connectivity index (χ1n) is 8.43. The number of sulfonamides is 1. The van der Waals surface area contributed by atoms with E-state index in [-0.39, 0.29) is 27.6 Å². The van der Waals surface area contributed by atoms with Crippen molar-refractivity contribution in [3.63, 3.8) is 0 Å². The molecule has 3 rings (SSSR count). The van der Waals surface area contributed by atoms with Crippen LogP contribution in [0.1, 0.15) is 10.4 Å². The van der Waals surface area contributed by atoms with Gasteiger partial charge in [-0.15, -0.1) is 5.69 Å². The van der Waals surface area contributed by atoms with Gasteiger partial charge in [0.05, 0.1) is 10.5 Å². The first-order chi connectivity index (χ1) is 14.2. The lowest BCUT2D eigenvalue weighted by Gasteiger charge is -2.22. The maximum atomic E-state index is 12.5. The second-order valence-electron chi connectivity index (χ2n) is 5.90. The lowest BCUT2D eigenvalue weighted by Crippen LogP contribution is -2.15. The zero-order valence-electron chi connectivity index (χ0n) is 15.1. The second-order valence-corrected chi connectivity index (χ2v) is 7.94. The number of halogens is 3. The van der Waals surface area contributed by atoms with Gasteiger partial charge < -0.3 is 14.8 Å². The first-order valence-corrected chi connectivity index (χ1v) is 10.3. The first kappa shape index (κ1) is 21.5. The van der Waals surface area contributed by atoms with Gasteiger partial charge in [0.2, 0.25) is 0 Å². The number of ether oxygens (including phenoxy) is 1. The molecule has 1 amide bonds. The van der Waals surface area contributed by atoms with Gasteiger partial charge in [-0.05, 0) is 48.5 Å². The summed E-state index contributed by atoms with van der Waals surface area (Å²) in [5.74, 6) is -0.960. The normalized spacial score (nSPS) is 11.2. The van der Waals surface area contributed by atoms with E-state index in [0.29, 0.717) is 5.02 Å². The Morgan fingerprint density at radius 2 is 1.60 bits per heavy atom. The third kappa shape index (κ3) is 5.46. The number of anilines is 1. The summed E-state index contributed by atoms with van der Waals surface area (Å²) in [6.07, 6.45) is 0. The minimum atomic E-state index is -3.98. The minimum Gasteiger partial charge on any atom is -0.573 e. The Balaban J connectivity index is 1.73. The van der Waals surface area contributed by atoms with Crippen LogP contribution >= 0.6 is 11.6 Å². The molecule has 156 valence electrons. The third-order valence-corrected chi connectivity index (χ3v) is 5.38. The van der Waals surface area contributed by atoms with Crippen molar-refractivity contribution in [2.45, 2.75) is 11.5 Å². The number of para-hydroxylation sites is 1. The molecule has 0 radical (unpaired) electrons. The van der Waals surface area contributed by atoms with Crippen LogP contribution in [0.3, 0.4) is 0 Å². The number of benzene rings is 3. The Kier molecular flexibility index (Phi) is 6.53. The van der Waals surface area contributed by atoms with Crippen LogP contribution in [0, 0.1) is 0 Å². The molecule has 0 spiro atoms. The second kappa shape index (κ2) is 9.10. The van der Waals surface area contributed by atoms with E-state index in [1.54, 1.807) is 0 Å². The number of hydrogen-bond acceptors (Lipinski definition) is 4. The monoisotopic (exact) mass is 451 g/mol. The highest BCUT2D eigenvalue weighted by molar-refractivity contribution is 7.94. The van der Waals surface area contributed by atoms with E-state index in [1.807, 2.05) is 0 Å². The molecular formula is C20H14ClF2N2O4S-. The van der Waals surface area contributed by atoms with Gasteiger partial charge in [-0.2, -0.15) is 8.78 Å². The number of carbonyl (C=O) groups excluding carboxylic acids is 1. The van der Waals surface area contributed by atoms with E-state index < -0.39 is 22.5 Å². The molecule has 30 heavy (non-hydrogen) atoms. The van der Waals surface area contributed by atoms with Gasteiger partial charge in [0, 0.05) is 10.7 Å². The van der Waals surface area contributed by atoms with Crippen LogP contribution in [0.2, 0.25) is 5.02 Å². The predicted molar refractivity (Wildman–Crippen MR) is 109 cm³/mol. The van der Waals surface area contributed by atoms with E-state index in [1.165, 1.54) is 72.8 Å². The number of rotatable bonds is 7. The molecule has 3 aromatic rings. The molecule has 1 N–H and O–H groups in total. The number of alkyl halides is 2. The molecule has 0 bridgehead atoms. The highest BCUT2D eigenvalue weighted by Crippen LogP contribution is 2.29. The van der Waals surface area contributed by atoms with Crippen molar-refractivity contribution >= 4 is 38.9 Å². The fourth-order valence-electron chi connectivity index (χ4n) is 2.46. The maximum Gasteiger partial charge on any atom is 0.387 e. The standard InChI is InChI=1S/C20H14ClF2N2O4S/c21-13-5-7-15(8-6-13)25-30(27,28)16-11-9-14(10-12-16)24-19(26)17-3-1-2-4-18(17)29-20(22)23/h1-12,20H,(H,24,26)/q-1. The van der Waals surface area contributed by atoms with E-state index in [0.717, 1.165) is 0 Å². The van der Waals surface area contributed by atoms with Crippen molar-refractivity contribution in [3.05, 3.63) is 88.1 Å². The lowest BCUT2D eigenvalue weighted by molar-refractivity contribution is -0.0501. The fraction of sp³-hybridized carbons (Fsp3) is 0.0500. The average molecular weight is 452 g/mol. The molecule has 0 fully saturated rings. The molecule has 0 aliphatic carbocycles. The number of nitrogens with one attached hydrogen (secondary N) is 1. The van der Waals surface area contributed by atoms with Crippen molar-refractivity contribution in [2.24, 2.45) is 0 Å². The minimum absolute atomic E-state index is 0.0862. The molecule has 6 nitrogen and oxygen atoms in total. The van der Waals surface area contributed by atoms with Gasteiger partial charge in [0.15, 0.2) is 0 Å². The Hall–Kier alpha value is -3.17. The Labute approximate surface area is 176 Å². The topological polar surface area (TPSA) is 86.6 Å². The van der Waals surface area contributed by atoms with E-state index in [2.05, 4.69) is 14.8 Å². The molecule has 0 saturated carbocycles. The molecule has 10 heteroatoms. The van der Waals surface area contributed by atoms with Crippen molar-refractivity contribution in [2.75, 3.05) is 5.32 Å². The fourth-order valence-corrected chi connectivity index (χ4v) is 3.57. The number of nitrogens with zero attached hydrogens (tertiary/aromatic N) is 1. The number of carbonyl (C=O) groups is 1. The summed E-state index contributed by atoms with van der Waals surface area (Å²) in [5, 5.41) is 2.95. The van der Waals surface area contributed by atoms with Gasteiger partial charge in [-0.25, -0.2) is 8.42 Å². The highest BCUT2D eigenvalue weighted by Gasteiger charge is 2.15. The van der Waals surface area contributed by atoms with Crippen molar-refractivity contribution in [3.8, 4) is 5.75 Å². The number of hydrogen-bond donors (Lipinski definition) is 1. The molecule has 0 unspecified atom stereocenters. The van der Waals surface area contributed by atoms with E-state index in [9.17, 15) is 22.0 Å². The van der Waals surface area contributed by atoms with Gasteiger partial charge in [0.25, 0.3) is 5.91 Å². The lowest BCUT2D eigenvalue weighted by atomic mass is 10.2. The summed E-state index contributed by atoms with van der Waals surface area (Å²) in [7, 11) is -3.98. The highest BCUT2D eigenvalue weighted by atomic mass is 35.5. The quantitative estimate of drug-likeness (QED) is 0.507. The van der Waals surface area contributed by atoms with E-state index >= 15 is 0 Å². The average Bonchev–Trinajstić information content (AvgIpc) is 2.70. The van der Waals surface area contributed by atoms with Gasteiger partial charge in [0.1, 0.15) is 15.8 Å². The van der Waals surface area contributed by atoms with Gasteiger partial charge >= 0.3 is 6.61 Å². The smallest absolute Gasteiger partial charge is 0.387 e. The molecular weight excluding hydrogens is 438 g/mol. The van der Waals surface area contributed by atoms with E-state index in [4.69, 9.17) is 11.6 Å². The summed E-state index contributed by atoms with van der Waals surface area (Å²) in [6, 6.07) is 16.8. The van der Waals surface area contributed by atoms with Crippen LogP contribution in [-0.2, 0) is 10.0 Å². The van der Waals surface area contributed by atoms with Crippen molar-refractivity contribution in [1.82, 2.24) is 0 Å². The SMILES string of the molecule is O=C(Nc1ccc(S(=O)(=O)[N-]c2ccc(Cl)cc2)cc1)c1ccccc1OC(F)F. The molecule has 0 aliphatic heterocycles. The largest absolute Gasteiger partial charge is 0.573 e. The van der Waals surface area contributed by atoms with Gasteiger partial charge in [-0.1, -0.05) is 35.9 Å². The zero-order valence-corrected chi connectivity index (χ0v) is 16.7. The summed E-state index contributed by atoms with van der Waals surface area (Å²) >= 11 is 5.77. The Bertz CT molecular complexity index is 1140. The molecule has 0 aromatic heterocycles. The predicted octanol–water partition coefficient (Wildman–Crippen LogP) is 5.59. The van der Waals surface area contributed by atoms with Crippen LogP contribution in [-0.4, -0.2) is 20.9 Å². The maximum absolute atomic E-state index is 12.5. The summed E-state index contributed by atoms with van der Waals surface area (Å²) in [5.41, 5.74) is 0.386. The molecule has 0 saturated heterocycles. The third-order valence-electron chi connectivity index (χ3n) is 3.81. The molecule has 3 aromatic carbocycles. The van der Waals surface area contributed by atoms with Crippen molar-refractivity contribution in [1.29, 1.82) is 0 Å². The van der Waals surface area contributed by atoms with Crippen LogP contribution in [0.4, 0.5) is 20.2 Å². The summed E-state index contributed by atoms with van der Waals surface area (Å²) in [4.78, 5) is 12.3. The van der Waals surface area contributed by atoms with Crippen molar-refractivity contribution < 1.29 is 26.7 Å². The van der Waals surface area contributed by atoms with Crippen LogP contribution < -0.4 is 10.1 Å². The number of amides is 1. The van der Waals surface area contributed by atoms with Gasteiger partial charge in [-0.3, -0.25) is 4.79 Å². The Morgan fingerprint density at radius 3 is 2.23 bits per heavy atom. The Morgan fingerprint density at radius 1 is 0.967 bits per heavy atom. The summed E-state index contributed by atoms with van der Waals surface area (Å²) in [6.45, 7) is -3.08. The molecule has 0 aliphatic rings.